The SMILES string of the molecule is NC(=O)c1cc(OCCC2CCC[S+]2[O-])c2sc(C(F)(F)P(O)O)c(Br)c2c1. The van der Waals surface area contributed by atoms with E-state index in [0.29, 0.717) is 28.2 Å². The number of thiophene rings is 1. The first-order valence-electron chi connectivity index (χ1n) is 8.25. The minimum atomic E-state index is -3.84. The second kappa shape index (κ2) is 8.67. The fourth-order valence-electron chi connectivity index (χ4n) is 3.00. The quantitative estimate of drug-likeness (QED) is 0.383. The van der Waals surface area contributed by atoms with Gasteiger partial charge in [0.15, 0.2) is 0 Å². The molecule has 0 saturated carbocycles. The normalized spacial score (nSPS) is 20.2. The summed E-state index contributed by atoms with van der Waals surface area (Å²) in [6, 6.07) is 2.73. The topological polar surface area (TPSA) is 116 Å². The van der Waals surface area contributed by atoms with Gasteiger partial charge in [-0.15, -0.1) is 11.3 Å². The predicted molar refractivity (Wildman–Crippen MR) is 109 cm³/mol. The zero-order valence-electron chi connectivity index (χ0n) is 14.4. The molecule has 1 amide bonds. The molecule has 2 unspecified atom stereocenters. The number of alkyl halides is 2. The third-order valence-electron chi connectivity index (χ3n) is 4.44. The summed E-state index contributed by atoms with van der Waals surface area (Å²) in [5.41, 5.74) is 1.57. The molecule has 2 heterocycles. The van der Waals surface area contributed by atoms with Gasteiger partial charge in [0.05, 0.1) is 16.2 Å². The number of primary amides is 1. The number of nitrogens with two attached hydrogens (primary N) is 1. The third-order valence-corrected chi connectivity index (χ3v) is 9.60. The number of amides is 1. The molecule has 154 valence electrons. The van der Waals surface area contributed by atoms with Crippen LogP contribution in [0.25, 0.3) is 10.1 Å². The molecule has 1 saturated heterocycles. The molecular weight excluding hydrogens is 499 g/mol. The summed E-state index contributed by atoms with van der Waals surface area (Å²) in [5.74, 6) is 0.123. The standard InChI is InChI=1S/C16H17BrF2NO5PS2/c17-12-10-6-8(15(20)21)7-11(25-4-3-9-2-1-5-28(9)24)13(10)27-14(12)16(18,19)26(22)23/h6-7,9,22-23H,1-5H2,(H2,20,21). The number of rotatable bonds is 7. The van der Waals surface area contributed by atoms with Crippen LogP contribution in [0.3, 0.4) is 0 Å². The lowest BCUT2D eigenvalue weighted by Crippen LogP contribution is -2.19. The molecule has 2 atom stereocenters. The Labute approximate surface area is 176 Å². The van der Waals surface area contributed by atoms with E-state index in [1.807, 2.05) is 0 Å². The molecule has 0 aliphatic carbocycles. The molecule has 1 aromatic carbocycles. The van der Waals surface area contributed by atoms with Crippen LogP contribution in [0.2, 0.25) is 0 Å². The average Bonchev–Trinajstić information content (AvgIpc) is 3.18. The summed E-state index contributed by atoms with van der Waals surface area (Å²) in [5, 5.41) is 0.310. The highest BCUT2D eigenvalue weighted by molar-refractivity contribution is 9.10. The molecule has 4 N–H and O–H groups in total. The van der Waals surface area contributed by atoms with Gasteiger partial charge in [-0.2, -0.15) is 8.78 Å². The monoisotopic (exact) mass is 515 g/mol. The van der Waals surface area contributed by atoms with Crippen LogP contribution in [0, 0.1) is 0 Å². The van der Waals surface area contributed by atoms with E-state index >= 15 is 0 Å². The Kier molecular flexibility index (Phi) is 6.86. The van der Waals surface area contributed by atoms with Crippen molar-refractivity contribution in [1.29, 1.82) is 0 Å². The smallest absolute Gasteiger partial charge is 0.349 e. The van der Waals surface area contributed by atoms with Crippen molar-refractivity contribution in [1.82, 2.24) is 0 Å². The van der Waals surface area contributed by atoms with Gasteiger partial charge in [0, 0.05) is 21.8 Å². The Morgan fingerprint density at radius 3 is 2.79 bits per heavy atom. The highest BCUT2D eigenvalue weighted by Crippen LogP contribution is 2.58. The Morgan fingerprint density at radius 2 is 2.21 bits per heavy atom. The van der Waals surface area contributed by atoms with Crippen molar-refractivity contribution in [3.05, 3.63) is 27.0 Å². The van der Waals surface area contributed by atoms with Gasteiger partial charge in [-0.3, -0.25) is 4.79 Å². The van der Waals surface area contributed by atoms with E-state index in [2.05, 4.69) is 15.9 Å². The summed E-state index contributed by atoms with van der Waals surface area (Å²) in [4.78, 5) is 29.3. The molecule has 3 rings (SSSR count). The number of carbonyl (C=O) groups is 1. The van der Waals surface area contributed by atoms with Crippen LogP contribution in [-0.4, -0.2) is 37.9 Å². The number of hydrogen-bond donors (Lipinski definition) is 3. The van der Waals surface area contributed by atoms with Gasteiger partial charge in [-0.05, 0) is 40.9 Å². The molecule has 2 aromatic rings. The summed E-state index contributed by atoms with van der Waals surface area (Å²) in [6.07, 6.45) is 2.30. The lowest BCUT2D eigenvalue weighted by Gasteiger charge is -2.15. The van der Waals surface area contributed by atoms with Crippen molar-refractivity contribution >= 4 is 62.8 Å². The maximum absolute atomic E-state index is 14.2. The highest BCUT2D eigenvalue weighted by atomic mass is 79.9. The third kappa shape index (κ3) is 4.30. The fourth-order valence-corrected chi connectivity index (χ4v) is 7.35. The first kappa shape index (κ1) is 22.1. The van der Waals surface area contributed by atoms with E-state index in [-0.39, 0.29) is 33.0 Å². The van der Waals surface area contributed by atoms with E-state index in [0.717, 1.165) is 12.8 Å². The van der Waals surface area contributed by atoms with Gasteiger partial charge in [0.1, 0.15) is 16.8 Å². The van der Waals surface area contributed by atoms with E-state index < -0.39 is 36.0 Å². The fraction of sp³-hybridized carbons (Fsp3) is 0.438. The molecule has 0 radical (unpaired) electrons. The van der Waals surface area contributed by atoms with Crippen molar-refractivity contribution in [2.24, 2.45) is 5.73 Å². The van der Waals surface area contributed by atoms with Crippen LogP contribution < -0.4 is 10.5 Å². The summed E-state index contributed by atoms with van der Waals surface area (Å²) >= 11 is 2.84. The molecule has 6 nitrogen and oxygen atoms in total. The van der Waals surface area contributed by atoms with E-state index in [9.17, 15) is 18.1 Å². The molecule has 1 aliphatic heterocycles. The van der Waals surface area contributed by atoms with Crippen LogP contribution in [0.1, 0.15) is 34.5 Å². The van der Waals surface area contributed by atoms with Crippen LogP contribution >= 0.6 is 35.6 Å². The number of fused-ring (bicyclic) bond motifs is 1. The summed E-state index contributed by atoms with van der Waals surface area (Å²) < 4.78 is 46.3. The van der Waals surface area contributed by atoms with Crippen molar-refractivity contribution in [3.8, 4) is 5.75 Å². The van der Waals surface area contributed by atoms with Gasteiger partial charge < -0.3 is 24.8 Å². The zero-order chi connectivity index (χ0) is 20.6. The van der Waals surface area contributed by atoms with Gasteiger partial charge in [0.25, 0.3) is 0 Å². The van der Waals surface area contributed by atoms with E-state index in [1.54, 1.807) is 0 Å². The summed E-state index contributed by atoms with van der Waals surface area (Å²) in [7, 11) is -3.54. The van der Waals surface area contributed by atoms with Gasteiger partial charge >= 0.3 is 5.66 Å². The molecule has 1 aromatic heterocycles. The van der Waals surface area contributed by atoms with Crippen molar-refractivity contribution < 1.29 is 32.7 Å². The summed E-state index contributed by atoms with van der Waals surface area (Å²) in [6.45, 7) is 0.210. The van der Waals surface area contributed by atoms with Gasteiger partial charge in [-0.1, -0.05) is 11.2 Å². The Hall–Kier alpha value is -0.550. The maximum Gasteiger partial charge on any atom is 0.349 e. The maximum atomic E-state index is 14.2. The largest absolute Gasteiger partial charge is 0.616 e. The van der Waals surface area contributed by atoms with Gasteiger partial charge in [0.2, 0.25) is 14.3 Å². The number of ether oxygens (including phenoxy) is 1. The number of carbonyl (C=O) groups excluding carboxylic acids is 1. The Balaban J connectivity index is 1.96. The molecular formula is C16H17BrF2NO5PS2. The lowest BCUT2D eigenvalue weighted by atomic mass is 10.1. The van der Waals surface area contributed by atoms with E-state index in [4.69, 9.17) is 20.3 Å². The average molecular weight is 516 g/mol. The van der Waals surface area contributed by atoms with Crippen LogP contribution in [-0.2, 0) is 16.8 Å². The van der Waals surface area contributed by atoms with Gasteiger partial charge in [-0.25, -0.2) is 0 Å². The van der Waals surface area contributed by atoms with Crippen molar-refractivity contribution in [2.45, 2.75) is 30.2 Å². The molecule has 0 spiro atoms. The Morgan fingerprint density at radius 1 is 1.50 bits per heavy atom. The van der Waals surface area contributed by atoms with Crippen LogP contribution in [0.15, 0.2) is 16.6 Å². The second-order valence-electron chi connectivity index (χ2n) is 6.28. The molecule has 28 heavy (non-hydrogen) atoms. The molecule has 12 heteroatoms. The zero-order valence-corrected chi connectivity index (χ0v) is 18.5. The molecule has 1 aliphatic rings. The molecule has 0 bridgehead atoms. The second-order valence-corrected chi connectivity index (χ2v) is 11.1. The first-order valence-corrected chi connectivity index (χ1v) is 12.5. The highest BCUT2D eigenvalue weighted by Gasteiger charge is 2.45. The predicted octanol–water partition coefficient (Wildman–Crippen LogP) is 3.79. The minimum Gasteiger partial charge on any atom is -0.616 e. The van der Waals surface area contributed by atoms with Crippen molar-refractivity contribution in [2.75, 3.05) is 12.4 Å². The van der Waals surface area contributed by atoms with E-state index in [1.165, 1.54) is 12.1 Å². The van der Waals surface area contributed by atoms with Crippen LogP contribution in [0.4, 0.5) is 8.78 Å². The minimum absolute atomic E-state index is 0.0390. The number of halogens is 3. The van der Waals surface area contributed by atoms with Crippen LogP contribution in [0.5, 0.6) is 5.75 Å². The number of hydrogen-bond acceptors (Lipinski definition) is 6. The first-order chi connectivity index (χ1) is 13.1. The molecule has 1 fully saturated rings. The van der Waals surface area contributed by atoms with Crippen molar-refractivity contribution in [3.63, 3.8) is 0 Å². The number of benzene rings is 1. The lowest BCUT2D eigenvalue weighted by molar-refractivity contribution is 0.0766. The Bertz CT molecular complexity index is 898.